The molecule has 0 radical (unpaired) electrons. The lowest BCUT2D eigenvalue weighted by Gasteiger charge is -2.13. The quantitative estimate of drug-likeness (QED) is 0.494. The van der Waals surface area contributed by atoms with Crippen LogP contribution >= 0.6 is 11.6 Å². The summed E-state index contributed by atoms with van der Waals surface area (Å²) in [5.74, 6) is -0.821. The second kappa shape index (κ2) is 7.42. The first-order chi connectivity index (χ1) is 14.3. The third-order valence-electron chi connectivity index (χ3n) is 4.48. The first-order valence-electron chi connectivity index (χ1n) is 8.70. The molecule has 0 aliphatic heterocycles. The van der Waals surface area contributed by atoms with E-state index < -0.39 is 17.6 Å². The Labute approximate surface area is 173 Å². The van der Waals surface area contributed by atoms with Crippen LogP contribution in [0.4, 0.5) is 18.9 Å². The van der Waals surface area contributed by atoms with Crippen LogP contribution in [0.2, 0.25) is 5.02 Å². The molecule has 0 fully saturated rings. The van der Waals surface area contributed by atoms with Gasteiger partial charge in [-0.25, -0.2) is 4.52 Å². The molecule has 1 N–H and O–H groups in total. The predicted molar refractivity (Wildman–Crippen MR) is 105 cm³/mol. The van der Waals surface area contributed by atoms with Gasteiger partial charge >= 0.3 is 6.18 Å². The van der Waals surface area contributed by atoms with E-state index in [1.807, 2.05) is 6.07 Å². The Hall–Kier alpha value is -3.46. The second-order valence-corrected chi connectivity index (χ2v) is 6.87. The van der Waals surface area contributed by atoms with Crippen LogP contribution in [0.25, 0.3) is 16.8 Å². The van der Waals surface area contributed by atoms with Crippen LogP contribution in [0.3, 0.4) is 0 Å². The standard InChI is InChI=1S/C20H13ClF3N5O/c1-11-17(19(30)26-16-8-3-2-7-15(16)20(22,23)24)27-28-18-14(10-25-29(11)18)12-5-4-6-13(21)9-12/h2-10H,1H3,(H,26,30). The molecule has 2 heterocycles. The van der Waals surface area contributed by atoms with Gasteiger partial charge < -0.3 is 5.32 Å². The molecule has 6 nitrogen and oxygen atoms in total. The van der Waals surface area contributed by atoms with E-state index >= 15 is 0 Å². The van der Waals surface area contributed by atoms with Crippen LogP contribution in [0.5, 0.6) is 0 Å². The molecule has 10 heteroatoms. The SMILES string of the molecule is Cc1c(C(=O)Nc2ccccc2C(F)(F)F)nnc2c(-c3cccc(Cl)c3)cnn12. The number of nitrogens with zero attached hydrogens (tertiary/aromatic N) is 4. The second-order valence-electron chi connectivity index (χ2n) is 6.44. The van der Waals surface area contributed by atoms with Crippen molar-refractivity contribution in [1.82, 2.24) is 19.8 Å². The summed E-state index contributed by atoms with van der Waals surface area (Å²) in [5.41, 5.74) is 0.686. The van der Waals surface area contributed by atoms with Gasteiger partial charge in [-0.05, 0) is 36.8 Å². The van der Waals surface area contributed by atoms with E-state index in [9.17, 15) is 18.0 Å². The van der Waals surface area contributed by atoms with Crippen molar-refractivity contribution in [2.24, 2.45) is 0 Å². The maximum Gasteiger partial charge on any atom is 0.418 e. The van der Waals surface area contributed by atoms with Crippen molar-refractivity contribution in [2.45, 2.75) is 13.1 Å². The average Bonchev–Trinajstić information content (AvgIpc) is 3.13. The topological polar surface area (TPSA) is 72.2 Å². The zero-order chi connectivity index (χ0) is 21.5. The zero-order valence-electron chi connectivity index (χ0n) is 15.4. The lowest BCUT2D eigenvalue weighted by atomic mass is 10.1. The number of hydrogen-bond acceptors (Lipinski definition) is 4. The number of benzene rings is 2. The van der Waals surface area contributed by atoms with Crippen LogP contribution in [0.1, 0.15) is 21.7 Å². The zero-order valence-corrected chi connectivity index (χ0v) is 16.2. The van der Waals surface area contributed by atoms with Crippen LogP contribution in [-0.2, 0) is 6.18 Å². The van der Waals surface area contributed by atoms with E-state index in [1.165, 1.54) is 22.7 Å². The van der Waals surface area contributed by atoms with Crippen LogP contribution in [-0.4, -0.2) is 25.7 Å². The monoisotopic (exact) mass is 431 g/mol. The molecule has 4 aromatic rings. The molecule has 0 aliphatic rings. The Balaban J connectivity index is 1.71. The highest BCUT2D eigenvalue weighted by Crippen LogP contribution is 2.34. The molecule has 2 aromatic carbocycles. The predicted octanol–water partition coefficient (Wildman–Crippen LogP) is 5.02. The Morgan fingerprint density at radius 1 is 1.10 bits per heavy atom. The van der Waals surface area contributed by atoms with Gasteiger partial charge in [0.15, 0.2) is 11.3 Å². The number of anilines is 1. The number of carbonyl (C=O) groups excluding carboxylic acids is 1. The summed E-state index contributed by atoms with van der Waals surface area (Å²) < 4.78 is 40.9. The summed E-state index contributed by atoms with van der Waals surface area (Å²) in [6.45, 7) is 1.58. The largest absolute Gasteiger partial charge is 0.418 e. The normalized spacial score (nSPS) is 11.6. The molecular weight excluding hydrogens is 419 g/mol. The van der Waals surface area contributed by atoms with Gasteiger partial charge in [0.2, 0.25) is 0 Å². The summed E-state index contributed by atoms with van der Waals surface area (Å²) in [5, 5.41) is 15.0. The highest BCUT2D eigenvalue weighted by atomic mass is 35.5. The van der Waals surface area contributed by atoms with E-state index in [4.69, 9.17) is 11.6 Å². The molecule has 4 rings (SSSR count). The third kappa shape index (κ3) is 3.59. The number of aryl methyl sites for hydroxylation is 1. The van der Waals surface area contributed by atoms with Crippen molar-refractivity contribution < 1.29 is 18.0 Å². The Morgan fingerprint density at radius 2 is 1.87 bits per heavy atom. The minimum Gasteiger partial charge on any atom is -0.320 e. The van der Waals surface area contributed by atoms with E-state index in [1.54, 1.807) is 31.3 Å². The van der Waals surface area contributed by atoms with Crippen LogP contribution in [0, 0.1) is 6.92 Å². The van der Waals surface area contributed by atoms with E-state index in [0.717, 1.165) is 11.6 Å². The number of amides is 1. The van der Waals surface area contributed by atoms with Crippen molar-refractivity contribution in [2.75, 3.05) is 5.32 Å². The fourth-order valence-corrected chi connectivity index (χ4v) is 3.23. The number of hydrogen-bond donors (Lipinski definition) is 1. The first-order valence-corrected chi connectivity index (χ1v) is 9.08. The van der Waals surface area contributed by atoms with Gasteiger partial charge in [0, 0.05) is 10.6 Å². The maximum absolute atomic E-state index is 13.2. The third-order valence-corrected chi connectivity index (χ3v) is 4.72. The fraction of sp³-hybridized carbons (Fsp3) is 0.100. The molecule has 2 aromatic heterocycles. The van der Waals surface area contributed by atoms with E-state index in [-0.39, 0.29) is 11.4 Å². The molecule has 0 saturated heterocycles. The molecule has 1 amide bonds. The minimum absolute atomic E-state index is 0.139. The van der Waals surface area contributed by atoms with Crippen molar-refractivity contribution in [3.63, 3.8) is 0 Å². The van der Waals surface area contributed by atoms with Gasteiger partial charge in [-0.1, -0.05) is 35.9 Å². The summed E-state index contributed by atoms with van der Waals surface area (Å²) >= 11 is 6.04. The van der Waals surface area contributed by atoms with Crippen molar-refractivity contribution in [3.8, 4) is 11.1 Å². The first kappa shape index (κ1) is 19.8. The van der Waals surface area contributed by atoms with Gasteiger partial charge in [-0.3, -0.25) is 4.79 Å². The molecule has 0 bridgehead atoms. The maximum atomic E-state index is 13.2. The Kier molecular flexibility index (Phi) is 4.90. The summed E-state index contributed by atoms with van der Waals surface area (Å²) in [4.78, 5) is 12.6. The van der Waals surface area contributed by atoms with Crippen molar-refractivity contribution in [3.05, 3.63) is 76.7 Å². The summed E-state index contributed by atoms with van der Waals surface area (Å²) in [6, 6.07) is 11.8. The number of nitrogens with one attached hydrogen (secondary N) is 1. The molecule has 0 atom stereocenters. The number of aromatic nitrogens is 4. The smallest absolute Gasteiger partial charge is 0.320 e. The summed E-state index contributed by atoms with van der Waals surface area (Å²) in [6.07, 6.45) is -3.05. The van der Waals surface area contributed by atoms with Gasteiger partial charge in [0.05, 0.1) is 23.1 Å². The molecule has 152 valence electrons. The van der Waals surface area contributed by atoms with Gasteiger partial charge in [-0.2, -0.15) is 18.3 Å². The number of rotatable bonds is 3. The van der Waals surface area contributed by atoms with Crippen molar-refractivity contribution >= 4 is 28.8 Å². The number of carbonyl (C=O) groups is 1. The fourth-order valence-electron chi connectivity index (χ4n) is 3.04. The lowest BCUT2D eigenvalue weighted by Crippen LogP contribution is -2.20. The van der Waals surface area contributed by atoms with Crippen LogP contribution < -0.4 is 5.32 Å². The Bertz CT molecular complexity index is 1270. The molecule has 0 unspecified atom stereocenters. The molecular formula is C20H13ClF3N5O. The van der Waals surface area contributed by atoms with Crippen LogP contribution in [0.15, 0.2) is 54.7 Å². The highest BCUT2D eigenvalue weighted by molar-refractivity contribution is 6.30. The summed E-state index contributed by atoms with van der Waals surface area (Å²) in [7, 11) is 0. The highest BCUT2D eigenvalue weighted by Gasteiger charge is 2.34. The number of para-hydroxylation sites is 1. The van der Waals surface area contributed by atoms with Crippen molar-refractivity contribution in [1.29, 1.82) is 0 Å². The van der Waals surface area contributed by atoms with Gasteiger partial charge in [-0.15, -0.1) is 10.2 Å². The molecule has 30 heavy (non-hydrogen) atoms. The molecule has 0 spiro atoms. The van der Waals surface area contributed by atoms with Gasteiger partial charge in [0.25, 0.3) is 5.91 Å². The average molecular weight is 432 g/mol. The van der Waals surface area contributed by atoms with E-state index in [0.29, 0.717) is 21.9 Å². The number of alkyl halides is 3. The number of halogens is 4. The van der Waals surface area contributed by atoms with E-state index in [2.05, 4.69) is 20.6 Å². The Morgan fingerprint density at radius 3 is 2.60 bits per heavy atom. The lowest BCUT2D eigenvalue weighted by molar-refractivity contribution is -0.136. The molecule has 0 saturated carbocycles. The molecule has 0 aliphatic carbocycles. The minimum atomic E-state index is -4.61. The number of fused-ring (bicyclic) bond motifs is 1. The van der Waals surface area contributed by atoms with Gasteiger partial charge in [0.1, 0.15) is 0 Å².